The number of amides is 2. The lowest BCUT2D eigenvalue weighted by molar-refractivity contribution is -0.168. The number of pyridine rings is 1. The van der Waals surface area contributed by atoms with Gasteiger partial charge in [-0.3, -0.25) is 14.6 Å². The zero-order valence-electron chi connectivity index (χ0n) is 18.7. The minimum absolute atomic E-state index is 0.0366. The maximum Gasteiger partial charge on any atom is 0.256 e. The van der Waals surface area contributed by atoms with Crippen molar-refractivity contribution in [1.29, 1.82) is 0 Å². The number of carbonyl (C=O) groups excluding carboxylic acids is 2. The molecule has 1 aromatic heterocycles. The number of fused-ring (bicyclic) bond motifs is 1. The first-order chi connectivity index (χ1) is 15.7. The summed E-state index contributed by atoms with van der Waals surface area (Å²) in [4.78, 5) is 33.0. The van der Waals surface area contributed by atoms with E-state index in [4.69, 9.17) is 0 Å². The zero-order valence-corrected chi connectivity index (χ0v) is 18.7. The Bertz CT molecular complexity index is 1230. The molecular formula is C26H27N3O4. The molecule has 0 bridgehead atoms. The zero-order chi connectivity index (χ0) is 23.4. The van der Waals surface area contributed by atoms with Gasteiger partial charge in [-0.2, -0.15) is 0 Å². The van der Waals surface area contributed by atoms with Crippen molar-refractivity contribution in [2.75, 3.05) is 13.1 Å². The van der Waals surface area contributed by atoms with Gasteiger partial charge in [-0.1, -0.05) is 24.3 Å². The predicted octanol–water partition coefficient (Wildman–Crippen LogP) is 2.81. The normalized spacial score (nSPS) is 24.1. The Hall–Kier alpha value is -3.29. The topological polar surface area (TPSA) is 94.0 Å². The summed E-state index contributed by atoms with van der Waals surface area (Å²) in [6.45, 7) is 3.52. The van der Waals surface area contributed by atoms with Crippen molar-refractivity contribution in [3.05, 3.63) is 66.5 Å². The van der Waals surface area contributed by atoms with Crippen molar-refractivity contribution in [3.8, 4) is 11.1 Å². The summed E-state index contributed by atoms with van der Waals surface area (Å²) in [5.74, 6) is -0.655. The van der Waals surface area contributed by atoms with Crippen molar-refractivity contribution in [2.24, 2.45) is 0 Å². The molecule has 2 N–H and O–H groups in total. The first kappa shape index (κ1) is 21.6. The Balaban J connectivity index is 1.35. The van der Waals surface area contributed by atoms with E-state index in [9.17, 15) is 19.8 Å². The Kier molecular flexibility index (Phi) is 4.99. The van der Waals surface area contributed by atoms with Crippen molar-refractivity contribution in [3.63, 3.8) is 0 Å². The molecule has 0 radical (unpaired) electrons. The summed E-state index contributed by atoms with van der Waals surface area (Å²) < 4.78 is 0. The van der Waals surface area contributed by atoms with Crippen LogP contribution in [0.5, 0.6) is 0 Å². The van der Waals surface area contributed by atoms with E-state index >= 15 is 0 Å². The van der Waals surface area contributed by atoms with Crippen LogP contribution in [0.4, 0.5) is 0 Å². The van der Waals surface area contributed by atoms with Crippen LogP contribution in [0.25, 0.3) is 21.9 Å². The van der Waals surface area contributed by atoms with Crippen LogP contribution in [-0.2, 0) is 4.79 Å². The summed E-state index contributed by atoms with van der Waals surface area (Å²) in [7, 11) is 0. The van der Waals surface area contributed by atoms with Gasteiger partial charge in [0, 0.05) is 35.9 Å². The highest BCUT2D eigenvalue weighted by Gasteiger charge is 2.54. The van der Waals surface area contributed by atoms with Gasteiger partial charge in [0.1, 0.15) is 5.60 Å². The van der Waals surface area contributed by atoms with E-state index in [1.165, 1.54) is 16.7 Å². The molecule has 5 rings (SSSR count). The first-order valence-corrected chi connectivity index (χ1v) is 11.2. The van der Waals surface area contributed by atoms with Crippen molar-refractivity contribution < 1.29 is 19.8 Å². The molecular weight excluding hydrogens is 418 g/mol. The maximum absolute atomic E-state index is 13.3. The first-order valence-electron chi connectivity index (χ1n) is 11.2. The molecule has 2 aliphatic rings. The van der Waals surface area contributed by atoms with Gasteiger partial charge in [0.15, 0.2) is 5.72 Å². The molecule has 3 aromatic rings. The smallest absolute Gasteiger partial charge is 0.256 e. The highest BCUT2D eigenvalue weighted by molar-refractivity contribution is 5.96. The summed E-state index contributed by atoms with van der Waals surface area (Å²) in [5.41, 5.74) is -0.338. The molecule has 33 heavy (non-hydrogen) atoms. The minimum atomic E-state index is -1.53. The predicted molar refractivity (Wildman–Crippen MR) is 124 cm³/mol. The van der Waals surface area contributed by atoms with Crippen LogP contribution in [0.3, 0.4) is 0 Å². The molecule has 1 saturated heterocycles. The third kappa shape index (κ3) is 3.87. The van der Waals surface area contributed by atoms with Crippen LogP contribution in [0, 0.1) is 0 Å². The summed E-state index contributed by atoms with van der Waals surface area (Å²) in [6.07, 6.45) is 4.48. The Labute approximate surface area is 192 Å². The van der Waals surface area contributed by atoms with E-state index in [2.05, 4.69) is 11.1 Å². The number of aromatic nitrogens is 1. The number of carbonyl (C=O) groups is 2. The van der Waals surface area contributed by atoms with Crippen molar-refractivity contribution in [1.82, 2.24) is 14.8 Å². The minimum Gasteiger partial charge on any atom is -0.380 e. The average molecular weight is 446 g/mol. The van der Waals surface area contributed by atoms with Crippen LogP contribution in [0.2, 0.25) is 0 Å². The highest BCUT2D eigenvalue weighted by atomic mass is 16.3. The van der Waals surface area contributed by atoms with Gasteiger partial charge < -0.3 is 20.0 Å². The van der Waals surface area contributed by atoms with Crippen molar-refractivity contribution >= 4 is 22.6 Å². The van der Waals surface area contributed by atoms with Crippen LogP contribution >= 0.6 is 0 Å². The molecule has 1 aliphatic carbocycles. The molecule has 2 atom stereocenters. The molecule has 7 nitrogen and oxygen atoms in total. The standard InChI is InChI=1S/C26H27N3O4/c1-17-15-29(25(2,32)16-28(17)24(31)26(33)10-11-26)23(30)19-5-3-18(4-6-19)20-7-8-22-14-27-12-9-21(22)13-20/h3-9,12-14,17,32-33H,10-11,15-16H2,1-2H3/t17-,25+/m0/s1. The number of hydrogen-bond acceptors (Lipinski definition) is 5. The van der Waals surface area contributed by atoms with E-state index in [0.29, 0.717) is 18.4 Å². The Morgan fingerprint density at radius 1 is 1.00 bits per heavy atom. The third-order valence-electron chi connectivity index (χ3n) is 6.76. The number of piperazine rings is 1. The highest BCUT2D eigenvalue weighted by Crippen LogP contribution is 2.39. The number of β-amino-alcohol motifs (C(OH)–C–C–N with tert-alkyl or cyclic N) is 1. The quantitative estimate of drug-likeness (QED) is 0.647. The number of hydrogen-bond donors (Lipinski definition) is 2. The van der Waals surface area contributed by atoms with Crippen LogP contribution < -0.4 is 0 Å². The number of rotatable bonds is 3. The van der Waals surface area contributed by atoms with Gasteiger partial charge in [-0.05, 0) is 67.5 Å². The summed E-state index contributed by atoms with van der Waals surface area (Å²) in [5, 5.41) is 23.4. The average Bonchev–Trinajstić information content (AvgIpc) is 3.57. The monoisotopic (exact) mass is 445 g/mol. The molecule has 170 valence electrons. The second-order valence-electron chi connectivity index (χ2n) is 9.46. The van der Waals surface area contributed by atoms with Gasteiger partial charge >= 0.3 is 0 Å². The SMILES string of the molecule is C[C@H]1CN(C(=O)c2ccc(-c3ccc4cnccc4c3)cc2)[C@](C)(O)CN1C(=O)C1(O)CC1. The second-order valence-corrected chi connectivity index (χ2v) is 9.46. The maximum atomic E-state index is 13.3. The molecule has 2 fully saturated rings. The molecule has 0 unspecified atom stereocenters. The van der Waals surface area contributed by atoms with Gasteiger partial charge in [0.2, 0.25) is 0 Å². The Morgan fingerprint density at radius 3 is 2.39 bits per heavy atom. The fourth-order valence-corrected chi connectivity index (χ4v) is 4.52. The molecule has 2 amide bonds. The lowest BCUT2D eigenvalue weighted by Gasteiger charge is -2.49. The van der Waals surface area contributed by atoms with Gasteiger partial charge in [-0.25, -0.2) is 0 Å². The number of nitrogens with zero attached hydrogens (tertiary/aromatic N) is 3. The third-order valence-corrected chi connectivity index (χ3v) is 6.76. The van der Waals surface area contributed by atoms with E-state index in [1.54, 1.807) is 18.3 Å². The fraction of sp³-hybridized carbons (Fsp3) is 0.346. The van der Waals surface area contributed by atoms with Crippen LogP contribution in [0.15, 0.2) is 60.9 Å². The number of benzene rings is 2. The fourth-order valence-electron chi connectivity index (χ4n) is 4.52. The second kappa shape index (κ2) is 7.64. The lowest BCUT2D eigenvalue weighted by Crippen LogP contribution is -2.67. The van der Waals surface area contributed by atoms with Gasteiger partial charge in [0.05, 0.1) is 6.54 Å². The molecule has 2 heterocycles. The number of aliphatic hydroxyl groups is 2. The lowest BCUT2D eigenvalue weighted by atomic mass is 9.99. The Morgan fingerprint density at radius 2 is 1.70 bits per heavy atom. The van der Waals surface area contributed by atoms with Crippen LogP contribution in [-0.4, -0.2) is 67.3 Å². The molecule has 1 saturated carbocycles. The van der Waals surface area contributed by atoms with E-state index in [-0.39, 0.29) is 30.9 Å². The van der Waals surface area contributed by atoms with E-state index in [0.717, 1.165) is 21.9 Å². The summed E-state index contributed by atoms with van der Waals surface area (Å²) >= 11 is 0. The van der Waals surface area contributed by atoms with Gasteiger partial charge in [0.25, 0.3) is 11.8 Å². The van der Waals surface area contributed by atoms with Crippen LogP contribution in [0.1, 0.15) is 37.0 Å². The molecule has 0 spiro atoms. The molecule has 7 heteroatoms. The van der Waals surface area contributed by atoms with Crippen molar-refractivity contribution in [2.45, 2.75) is 44.1 Å². The van der Waals surface area contributed by atoms with E-state index < -0.39 is 11.3 Å². The van der Waals surface area contributed by atoms with Gasteiger partial charge in [-0.15, -0.1) is 0 Å². The summed E-state index contributed by atoms with van der Waals surface area (Å²) in [6, 6.07) is 15.1. The largest absolute Gasteiger partial charge is 0.380 e. The van der Waals surface area contributed by atoms with E-state index in [1.807, 2.05) is 43.5 Å². The molecule has 1 aliphatic heterocycles. The molecule has 2 aromatic carbocycles.